The van der Waals surface area contributed by atoms with E-state index in [-0.39, 0.29) is 11.3 Å². The number of benzene rings is 2. The molecule has 0 saturated carbocycles. The summed E-state index contributed by atoms with van der Waals surface area (Å²) in [5.74, 6) is 0.227. The number of carbonyl (C=O) groups excluding carboxylic acids is 2. The van der Waals surface area contributed by atoms with Crippen LogP contribution >= 0.6 is 0 Å². The average molecular weight is 482 g/mol. The molecule has 0 bridgehead atoms. The fourth-order valence-corrected chi connectivity index (χ4v) is 4.24. The Bertz CT molecular complexity index is 1060. The van der Waals surface area contributed by atoms with Gasteiger partial charge in [0.2, 0.25) is 0 Å². The number of aliphatic hydroxyl groups is 1. The normalized spacial score (nSPS) is 17.0. The van der Waals surface area contributed by atoms with Crippen LogP contribution in [0.3, 0.4) is 0 Å². The summed E-state index contributed by atoms with van der Waals surface area (Å²) in [6.45, 7) is 7.38. The highest BCUT2D eigenvalue weighted by Gasteiger charge is 2.45. The third kappa shape index (κ3) is 5.78. The van der Waals surface area contributed by atoms with Crippen LogP contribution in [0.5, 0.6) is 17.2 Å². The monoisotopic (exact) mass is 481 g/mol. The molecule has 1 aliphatic rings. The zero-order valence-electron chi connectivity index (χ0n) is 21.0. The second-order valence-corrected chi connectivity index (χ2v) is 8.42. The molecule has 1 heterocycles. The van der Waals surface area contributed by atoms with Crippen molar-refractivity contribution < 1.29 is 28.9 Å². The van der Waals surface area contributed by atoms with E-state index in [1.165, 1.54) is 4.90 Å². The minimum Gasteiger partial charge on any atom is -0.507 e. The van der Waals surface area contributed by atoms with Gasteiger partial charge in [0.25, 0.3) is 11.7 Å². The lowest BCUT2D eigenvalue weighted by Gasteiger charge is -2.25. The van der Waals surface area contributed by atoms with Crippen LogP contribution in [0.15, 0.2) is 48.0 Å². The van der Waals surface area contributed by atoms with Crippen LogP contribution in [0, 0.1) is 0 Å². The second kappa shape index (κ2) is 12.3. The predicted molar refractivity (Wildman–Crippen MR) is 135 cm³/mol. The van der Waals surface area contributed by atoms with E-state index >= 15 is 0 Å². The third-order valence-electron chi connectivity index (χ3n) is 5.95. The lowest BCUT2D eigenvalue weighted by atomic mass is 9.95. The van der Waals surface area contributed by atoms with Crippen LogP contribution in [0.4, 0.5) is 0 Å². The molecule has 0 aliphatic carbocycles. The molecule has 1 fully saturated rings. The van der Waals surface area contributed by atoms with Crippen molar-refractivity contribution in [2.24, 2.45) is 0 Å². The molecule has 7 nitrogen and oxygen atoms in total. The number of methoxy groups -OCH3 is 1. The van der Waals surface area contributed by atoms with Crippen LogP contribution in [0.2, 0.25) is 0 Å². The largest absolute Gasteiger partial charge is 0.507 e. The van der Waals surface area contributed by atoms with Gasteiger partial charge in [-0.05, 0) is 61.7 Å². The molecule has 3 rings (SSSR count). The summed E-state index contributed by atoms with van der Waals surface area (Å²) >= 11 is 0. The molecule has 1 amide bonds. The van der Waals surface area contributed by atoms with E-state index in [0.29, 0.717) is 54.6 Å². The Morgan fingerprint density at radius 1 is 0.943 bits per heavy atom. The van der Waals surface area contributed by atoms with Crippen LogP contribution in [-0.4, -0.2) is 48.6 Å². The molecule has 1 unspecified atom stereocenters. The number of hydrogen-bond acceptors (Lipinski definition) is 6. The maximum absolute atomic E-state index is 13.1. The first kappa shape index (κ1) is 26.1. The van der Waals surface area contributed by atoms with E-state index < -0.39 is 17.7 Å². The van der Waals surface area contributed by atoms with Crippen molar-refractivity contribution in [1.29, 1.82) is 0 Å². The van der Waals surface area contributed by atoms with Gasteiger partial charge in [0.1, 0.15) is 11.5 Å². The van der Waals surface area contributed by atoms with E-state index in [2.05, 4.69) is 6.92 Å². The number of unbranched alkanes of at least 4 members (excludes halogenated alkanes) is 2. The standard InChI is InChI=1S/C28H35NO6/c1-5-8-9-17-35-21-13-10-19(11-14-21)26(30)24-25(29(16-6-2)28(32)27(24)31)20-12-15-22(33-4)23(18-20)34-7-3/h10-15,18,25,30H,5-9,16-17H2,1-4H3/b26-24-. The topological polar surface area (TPSA) is 85.3 Å². The smallest absolute Gasteiger partial charge is 0.295 e. The SMILES string of the molecule is CCCCCOc1ccc(/C(O)=C2/C(=O)C(=O)N(CCC)C2c2ccc(OC)c(OCC)c2)cc1. The Morgan fingerprint density at radius 2 is 1.69 bits per heavy atom. The van der Waals surface area contributed by atoms with Crippen molar-refractivity contribution >= 4 is 17.4 Å². The molecule has 0 radical (unpaired) electrons. The molecule has 1 aliphatic heterocycles. The van der Waals surface area contributed by atoms with Crippen LogP contribution < -0.4 is 14.2 Å². The van der Waals surface area contributed by atoms with Crippen LogP contribution in [0.1, 0.15) is 63.6 Å². The van der Waals surface area contributed by atoms with Gasteiger partial charge in [0, 0.05) is 12.1 Å². The molecule has 0 spiro atoms. The number of ketones is 1. The molecular formula is C28H35NO6. The molecule has 1 saturated heterocycles. The van der Waals surface area contributed by atoms with Crippen molar-refractivity contribution in [3.8, 4) is 17.2 Å². The van der Waals surface area contributed by atoms with Gasteiger partial charge in [-0.25, -0.2) is 0 Å². The number of amides is 1. The Balaban J connectivity index is 2.01. The molecular weight excluding hydrogens is 446 g/mol. The number of Topliss-reactive ketones (excluding diaryl/α,β-unsaturated/α-hetero) is 1. The minimum atomic E-state index is -0.731. The van der Waals surface area contributed by atoms with Crippen LogP contribution in [0.25, 0.3) is 5.76 Å². The van der Waals surface area contributed by atoms with Gasteiger partial charge in [-0.2, -0.15) is 0 Å². The van der Waals surface area contributed by atoms with Crippen molar-refractivity contribution in [2.75, 3.05) is 26.9 Å². The maximum Gasteiger partial charge on any atom is 0.295 e. The van der Waals surface area contributed by atoms with Gasteiger partial charge in [0.15, 0.2) is 11.5 Å². The summed E-state index contributed by atoms with van der Waals surface area (Å²) in [5, 5.41) is 11.2. The summed E-state index contributed by atoms with van der Waals surface area (Å²) in [7, 11) is 1.55. The van der Waals surface area contributed by atoms with Gasteiger partial charge in [-0.1, -0.05) is 32.8 Å². The van der Waals surface area contributed by atoms with E-state index in [1.807, 2.05) is 13.8 Å². The fourth-order valence-electron chi connectivity index (χ4n) is 4.24. The predicted octanol–water partition coefficient (Wildman–Crippen LogP) is 5.49. The number of hydrogen-bond donors (Lipinski definition) is 1. The second-order valence-electron chi connectivity index (χ2n) is 8.42. The molecule has 2 aromatic rings. The Kier molecular flexibility index (Phi) is 9.18. The van der Waals surface area contributed by atoms with E-state index in [4.69, 9.17) is 14.2 Å². The summed E-state index contributed by atoms with van der Waals surface area (Å²) < 4.78 is 16.8. The maximum atomic E-state index is 13.1. The zero-order valence-corrected chi connectivity index (χ0v) is 21.0. The van der Waals surface area contributed by atoms with Crippen molar-refractivity contribution in [3.05, 3.63) is 59.2 Å². The fraction of sp³-hybridized carbons (Fsp3) is 0.429. The quantitative estimate of drug-likeness (QED) is 0.187. The van der Waals surface area contributed by atoms with Gasteiger partial charge >= 0.3 is 0 Å². The van der Waals surface area contributed by atoms with E-state index in [9.17, 15) is 14.7 Å². The first-order valence-electron chi connectivity index (χ1n) is 12.3. The molecule has 1 N–H and O–H groups in total. The number of aliphatic hydroxyl groups excluding tert-OH is 1. The molecule has 35 heavy (non-hydrogen) atoms. The summed E-state index contributed by atoms with van der Waals surface area (Å²) in [5.41, 5.74) is 1.18. The number of rotatable bonds is 12. The molecule has 7 heteroatoms. The number of ether oxygens (including phenoxy) is 3. The number of carbonyl (C=O) groups is 2. The Hall–Kier alpha value is -3.48. The Morgan fingerprint density at radius 3 is 2.31 bits per heavy atom. The summed E-state index contributed by atoms with van der Waals surface area (Å²) in [4.78, 5) is 27.6. The van der Waals surface area contributed by atoms with Gasteiger partial charge in [-0.15, -0.1) is 0 Å². The molecule has 188 valence electrons. The first-order valence-corrected chi connectivity index (χ1v) is 12.3. The highest BCUT2D eigenvalue weighted by Crippen LogP contribution is 2.42. The molecule has 1 atom stereocenters. The third-order valence-corrected chi connectivity index (χ3v) is 5.95. The van der Waals surface area contributed by atoms with Crippen molar-refractivity contribution in [1.82, 2.24) is 4.90 Å². The highest BCUT2D eigenvalue weighted by molar-refractivity contribution is 6.46. The summed E-state index contributed by atoms with van der Waals surface area (Å²) in [6.07, 6.45) is 3.87. The minimum absolute atomic E-state index is 0.0627. The van der Waals surface area contributed by atoms with Gasteiger partial charge in [0.05, 0.1) is 31.9 Å². The number of likely N-dealkylation sites (tertiary alicyclic amines) is 1. The van der Waals surface area contributed by atoms with Crippen molar-refractivity contribution in [3.63, 3.8) is 0 Å². The van der Waals surface area contributed by atoms with E-state index in [1.54, 1.807) is 49.6 Å². The van der Waals surface area contributed by atoms with Crippen LogP contribution in [-0.2, 0) is 9.59 Å². The lowest BCUT2D eigenvalue weighted by Crippen LogP contribution is -2.30. The molecule has 0 aromatic heterocycles. The highest BCUT2D eigenvalue weighted by atomic mass is 16.5. The summed E-state index contributed by atoms with van der Waals surface area (Å²) in [6, 6.07) is 11.5. The zero-order chi connectivity index (χ0) is 25.4. The first-order chi connectivity index (χ1) is 17.0. The Labute approximate surface area is 207 Å². The van der Waals surface area contributed by atoms with Gasteiger partial charge in [-0.3, -0.25) is 9.59 Å². The van der Waals surface area contributed by atoms with Crippen molar-refractivity contribution in [2.45, 2.75) is 52.5 Å². The average Bonchev–Trinajstić information content (AvgIpc) is 3.12. The molecule has 2 aromatic carbocycles. The van der Waals surface area contributed by atoms with Gasteiger partial charge < -0.3 is 24.2 Å². The van der Waals surface area contributed by atoms with E-state index in [0.717, 1.165) is 19.3 Å². The number of nitrogens with zero attached hydrogens (tertiary/aromatic N) is 1. The lowest BCUT2D eigenvalue weighted by molar-refractivity contribution is -0.139.